The fourth-order valence-electron chi connectivity index (χ4n) is 2.66. The Balaban J connectivity index is 6.09. The number of carbonyl (C=O) groups excluding carboxylic acids is 6. The summed E-state index contributed by atoms with van der Waals surface area (Å²) < 4.78 is 36.7. The lowest BCUT2D eigenvalue weighted by Crippen LogP contribution is -2.48. The van der Waals surface area contributed by atoms with E-state index >= 15 is 0 Å². The van der Waals surface area contributed by atoms with Gasteiger partial charge in [0.25, 0.3) is 0 Å². The van der Waals surface area contributed by atoms with E-state index in [1.165, 1.54) is 28.2 Å². The van der Waals surface area contributed by atoms with Crippen molar-refractivity contribution in [1.82, 2.24) is 21.3 Å². The highest BCUT2D eigenvalue weighted by Crippen LogP contribution is 2.26. The SMILES string of the molecule is CNC(=O)OCC(COCC(COC(=O)NC)(COC(=O)NC)COC(=O)NC)(COC(C)=O)COC(C)=O. The van der Waals surface area contributed by atoms with E-state index in [1.807, 2.05) is 0 Å². The van der Waals surface area contributed by atoms with Crippen molar-refractivity contribution >= 4 is 36.3 Å². The first-order valence-corrected chi connectivity index (χ1v) is 11.6. The fourth-order valence-corrected chi connectivity index (χ4v) is 2.66. The number of carbonyl (C=O) groups is 6. The van der Waals surface area contributed by atoms with Crippen LogP contribution < -0.4 is 21.3 Å². The summed E-state index contributed by atoms with van der Waals surface area (Å²) in [5.41, 5.74) is -2.80. The van der Waals surface area contributed by atoms with Gasteiger partial charge in [-0.25, -0.2) is 19.2 Å². The summed E-state index contributed by atoms with van der Waals surface area (Å²) in [7, 11) is 5.31. The Kier molecular flexibility index (Phi) is 16.4. The zero-order valence-electron chi connectivity index (χ0n) is 23.0. The molecule has 0 saturated carbocycles. The molecule has 0 rings (SSSR count). The van der Waals surface area contributed by atoms with Gasteiger partial charge in [-0.05, 0) is 0 Å². The molecule has 0 aromatic heterocycles. The third kappa shape index (κ3) is 15.1. The standard InChI is InChI=1S/C22H38N4O13/c1-15(27)34-9-21(10-35-16(2)28,11-36-17(29)23-3)7-33-8-22(12-37-18(30)24-4,13-38-19(31)25-5)14-39-20(32)26-6/h7-14H2,1-6H3,(H,23,29)(H,24,30)(H,25,31)(H,26,32). The van der Waals surface area contributed by atoms with Crippen LogP contribution in [0.1, 0.15) is 13.8 Å². The highest BCUT2D eigenvalue weighted by atomic mass is 16.6. The average molecular weight is 567 g/mol. The number of esters is 2. The zero-order valence-corrected chi connectivity index (χ0v) is 23.0. The van der Waals surface area contributed by atoms with Crippen molar-refractivity contribution in [3.63, 3.8) is 0 Å². The third-order valence-electron chi connectivity index (χ3n) is 4.83. The molecule has 39 heavy (non-hydrogen) atoms. The molecule has 0 aromatic carbocycles. The first kappa shape index (κ1) is 35.0. The largest absolute Gasteiger partial charge is 0.465 e. The van der Waals surface area contributed by atoms with E-state index in [0.717, 1.165) is 13.8 Å². The first-order chi connectivity index (χ1) is 18.4. The van der Waals surface area contributed by atoms with Gasteiger partial charge in [-0.3, -0.25) is 9.59 Å². The van der Waals surface area contributed by atoms with Crippen LogP contribution >= 0.6 is 0 Å². The van der Waals surface area contributed by atoms with E-state index in [-0.39, 0.29) is 26.4 Å². The minimum atomic E-state index is -1.43. The van der Waals surface area contributed by atoms with Gasteiger partial charge in [-0.2, -0.15) is 0 Å². The number of amides is 4. The molecule has 0 aromatic rings. The number of alkyl carbamates (subject to hydrolysis) is 4. The summed E-state index contributed by atoms with van der Waals surface area (Å²) in [6.45, 7) is -0.849. The minimum absolute atomic E-state index is 0.341. The number of nitrogens with one attached hydrogen (secondary N) is 4. The molecule has 0 heterocycles. The van der Waals surface area contributed by atoms with Crippen LogP contribution in [-0.2, 0) is 42.7 Å². The molecule has 17 nitrogen and oxygen atoms in total. The van der Waals surface area contributed by atoms with E-state index in [0.29, 0.717) is 0 Å². The van der Waals surface area contributed by atoms with Crippen LogP contribution in [0.3, 0.4) is 0 Å². The molecule has 0 bridgehead atoms. The van der Waals surface area contributed by atoms with Crippen LogP contribution in [0.15, 0.2) is 0 Å². The molecule has 0 fully saturated rings. The molecule has 17 heteroatoms. The molecule has 4 amide bonds. The second-order valence-electron chi connectivity index (χ2n) is 8.36. The van der Waals surface area contributed by atoms with Gasteiger partial charge in [-0.1, -0.05) is 0 Å². The van der Waals surface area contributed by atoms with Gasteiger partial charge in [0.05, 0.1) is 24.0 Å². The predicted molar refractivity (Wildman–Crippen MR) is 131 cm³/mol. The van der Waals surface area contributed by atoms with Gasteiger partial charge in [0, 0.05) is 42.0 Å². The van der Waals surface area contributed by atoms with Crippen molar-refractivity contribution in [2.24, 2.45) is 10.8 Å². The van der Waals surface area contributed by atoms with Crippen molar-refractivity contribution in [2.75, 3.05) is 81.0 Å². The lowest BCUT2D eigenvalue weighted by Gasteiger charge is -2.35. The number of hydrogen-bond acceptors (Lipinski definition) is 13. The molecule has 0 atom stereocenters. The quantitative estimate of drug-likeness (QED) is 0.137. The first-order valence-electron chi connectivity index (χ1n) is 11.6. The van der Waals surface area contributed by atoms with Crippen LogP contribution in [0.4, 0.5) is 19.2 Å². The number of rotatable bonds is 16. The average Bonchev–Trinajstić information content (AvgIpc) is 2.92. The van der Waals surface area contributed by atoms with Crippen LogP contribution in [-0.4, -0.2) is 117 Å². The van der Waals surface area contributed by atoms with Crippen molar-refractivity contribution in [2.45, 2.75) is 13.8 Å². The van der Waals surface area contributed by atoms with Gasteiger partial charge < -0.3 is 54.4 Å². The monoisotopic (exact) mass is 566 g/mol. The molecule has 0 unspecified atom stereocenters. The highest BCUT2D eigenvalue weighted by molar-refractivity contribution is 5.68. The predicted octanol–water partition coefficient (Wildman–Crippen LogP) is -0.474. The Bertz CT molecular complexity index is 768. The van der Waals surface area contributed by atoms with Gasteiger partial charge in [0.2, 0.25) is 0 Å². The van der Waals surface area contributed by atoms with Gasteiger partial charge >= 0.3 is 36.3 Å². The fraction of sp³-hybridized carbons (Fsp3) is 0.727. The highest BCUT2D eigenvalue weighted by Gasteiger charge is 2.40. The van der Waals surface area contributed by atoms with Gasteiger partial charge in [0.1, 0.15) is 39.6 Å². The lowest BCUT2D eigenvalue weighted by atomic mass is 9.90. The van der Waals surface area contributed by atoms with Crippen molar-refractivity contribution in [3.05, 3.63) is 0 Å². The molecular formula is C22H38N4O13. The Morgan fingerprint density at radius 1 is 0.436 bits per heavy atom. The zero-order chi connectivity index (χ0) is 29.9. The van der Waals surface area contributed by atoms with Crippen molar-refractivity contribution in [3.8, 4) is 0 Å². The molecule has 0 aliphatic rings. The Morgan fingerprint density at radius 2 is 0.667 bits per heavy atom. The molecule has 0 radical (unpaired) electrons. The van der Waals surface area contributed by atoms with Crippen LogP contribution in [0.25, 0.3) is 0 Å². The molecular weight excluding hydrogens is 528 g/mol. The molecule has 0 saturated heterocycles. The summed E-state index contributed by atoms with van der Waals surface area (Å²) in [6.07, 6.45) is -3.27. The van der Waals surface area contributed by atoms with E-state index in [9.17, 15) is 28.8 Å². The molecule has 224 valence electrons. The Hall–Kier alpha value is -4.02. The van der Waals surface area contributed by atoms with Gasteiger partial charge in [-0.15, -0.1) is 0 Å². The Labute approximate surface area is 225 Å². The summed E-state index contributed by atoms with van der Waals surface area (Å²) >= 11 is 0. The van der Waals surface area contributed by atoms with E-state index in [4.69, 9.17) is 33.2 Å². The lowest BCUT2D eigenvalue weighted by molar-refractivity contribution is -0.160. The van der Waals surface area contributed by atoms with Crippen LogP contribution in [0.2, 0.25) is 0 Å². The van der Waals surface area contributed by atoms with Gasteiger partial charge in [0.15, 0.2) is 0 Å². The maximum atomic E-state index is 11.8. The van der Waals surface area contributed by atoms with Crippen molar-refractivity contribution in [1.29, 1.82) is 0 Å². The normalized spacial score (nSPS) is 10.8. The molecule has 0 spiro atoms. The smallest absolute Gasteiger partial charge is 0.406 e. The second-order valence-corrected chi connectivity index (χ2v) is 8.36. The van der Waals surface area contributed by atoms with Crippen molar-refractivity contribution < 1.29 is 61.9 Å². The third-order valence-corrected chi connectivity index (χ3v) is 4.83. The van der Waals surface area contributed by atoms with E-state index in [1.54, 1.807) is 0 Å². The second kappa shape index (κ2) is 18.3. The Morgan fingerprint density at radius 3 is 0.872 bits per heavy atom. The molecule has 4 N–H and O–H groups in total. The maximum Gasteiger partial charge on any atom is 0.406 e. The van der Waals surface area contributed by atoms with E-state index in [2.05, 4.69) is 21.3 Å². The summed E-state index contributed by atoms with van der Waals surface area (Å²) in [5.74, 6) is -1.32. The molecule has 0 aliphatic carbocycles. The van der Waals surface area contributed by atoms with Crippen LogP contribution in [0, 0.1) is 10.8 Å². The summed E-state index contributed by atoms with van der Waals surface area (Å²) in [4.78, 5) is 70.2. The topological polar surface area (TPSA) is 215 Å². The van der Waals surface area contributed by atoms with Crippen LogP contribution in [0.5, 0.6) is 0 Å². The molecule has 0 aliphatic heterocycles. The number of ether oxygens (including phenoxy) is 7. The summed E-state index contributed by atoms with van der Waals surface area (Å²) in [6, 6.07) is 0. The number of hydrogen-bond donors (Lipinski definition) is 4. The maximum absolute atomic E-state index is 11.8. The van der Waals surface area contributed by atoms with E-state index < -0.39 is 73.6 Å². The minimum Gasteiger partial charge on any atom is -0.465 e. The summed E-state index contributed by atoms with van der Waals surface area (Å²) in [5, 5.41) is 9.06.